The van der Waals surface area contributed by atoms with E-state index in [1.807, 2.05) is 6.92 Å². The van der Waals surface area contributed by atoms with Crippen molar-refractivity contribution in [2.24, 2.45) is 0 Å². The first-order valence-electron chi connectivity index (χ1n) is 7.53. The molecule has 0 aliphatic heterocycles. The fraction of sp³-hybridized carbons (Fsp3) is 0.375. The van der Waals surface area contributed by atoms with Crippen LogP contribution in [0.3, 0.4) is 0 Å². The number of aromatic nitrogens is 2. The Hall–Kier alpha value is -2.35. The van der Waals surface area contributed by atoms with Crippen LogP contribution in [0, 0.1) is 30.9 Å². The third-order valence-electron chi connectivity index (χ3n) is 3.53. The van der Waals surface area contributed by atoms with Crippen LogP contribution in [-0.2, 0) is 11.3 Å². The Morgan fingerprint density at radius 2 is 1.96 bits per heavy atom. The van der Waals surface area contributed by atoms with E-state index >= 15 is 0 Å². The third kappa shape index (κ3) is 4.58. The summed E-state index contributed by atoms with van der Waals surface area (Å²) in [4.78, 5) is 23.6. The Balaban J connectivity index is 1.80. The number of rotatable bonds is 7. The zero-order chi connectivity index (χ0) is 17.7. The first-order chi connectivity index (χ1) is 11.4. The SMILES string of the molecule is Cc1ccc(SCCNC(=O)Cn2nc(C)c([N+](=O)[O-])c2C)cc1. The van der Waals surface area contributed by atoms with Crippen LogP contribution >= 0.6 is 11.8 Å². The number of carbonyl (C=O) groups is 1. The van der Waals surface area contributed by atoms with Gasteiger partial charge in [-0.1, -0.05) is 17.7 Å². The predicted octanol–water partition coefficient (Wildman–Crippen LogP) is 2.63. The minimum Gasteiger partial charge on any atom is -0.354 e. The summed E-state index contributed by atoms with van der Waals surface area (Å²) in [6.45, 7) is 5.71. The van der Waals surface area contributed by atoms with Gasteiger partial charge in [0.2, 0.25) is 5.91 Å². The molecule has 0 aliphatic rings. The number of nitro groups is 1. The molecule has 0 unspecified atom stereocenters. The minimum atomic E-state index is -0.468. The van der Waals surface area contributed by atoms with Gasteiger partial charge in [0, 0.05) is 17.2 Å². The molecular weight excluding hydrogens is 328 g/mol. The number of hydrogen-bond acceptors (Lipinski definition) is 5. The van der Waals surface area contributed by atoms with Crippen molar-refractivity contribution in [2.45, 2.75) is 32.2 Å². The molecule has 0 saturated carbocycles. The van der Waals surface area contributed by atoms with Gasteiger partial charge in [0.15, 0.2) is 0 Å². The first kappa shape index (κ1) is 18.0. The summed E-state index contributed by atoms with van der Waals surface area (Å²) in [6, 6.07) is 8.21. The van der Waals surface area contributed by atoms with Crippen LogP contribution < -0.4 is 5.32 Å². The van der Waals surface area contributed by atoms with E-state index in [-0.39, 0.29) is 18.1 Å². The zero-order valence-electron chi connectivity index (χ0n) is 13.9. The van der Waals surface area contributed by atoms with E-state index in [9.17, 15) is 14.9 Å². The highest BCUT2D eigenvalue weighted by molar-refractivity contribution is 7.99. The number of nitrogens with one attached hydrogen (secondary N) is 1. The van der Waals surface area contributed by atoms with E-state index in [2.05, 4.69) is 34.7 Å². The van der Waals surface area contributed by atoms with Crippen LogP contribution in [0.1, 0.15) is 17.0 Å². The Morgan fingerprint density at radius 1 is 1.29 bits per heavy atom. The highest BCUT2D eigenvalue weighted by Gasteiger charge is 2.22. The lowest BCUT2D eigenvalue weighted by atomic mass is 10.2. The fourth-order valence-corrected chi connectivity index (χ4v) is 3.06. The molecule has 8 heteroatoms. The highest BCUT2D eigenvalue weighted by Crippen LogP contribution is 2.21. The van der Waals surface area contributed by atoms with Crippen molar-refractivity contribution in [3.8, 4) is 0 Å². The van der Waals surface area contributed by atoms with Crippen molar-refractivity contribution in [2.75, 3.05) is 12.3 Å². The molecule has 0 atom stereocenters. The van der Waals surface area contributed by atoms with Crippen LogP contribution in [0.25, 0.3) is 0 Å². The Kier molecular flexibility index (Phi) is 5.97. The molecule has 0 bridgehead atoms. The molecule has 1 aromatic carbocycles. The van der Waals surface area contributed by atoms with Crippen LogP contribution in [0.4, 0.5) is 5.69 Å². The fourth-order valence-electron chi connectivity index (χ4n) is 2.29. The maximum absolute atomic E-state index is 12.0. The molecule has 0 radical (unpaired) electrons. The molecule has 1 N–H and O–H groups in total. The van der Waals surface area contributed by atoms with Crippen molar-refractivity contribution in [1.29, 1.82) is 0 Å². The predicted molar refractivity (Wildman–Crippen MR) is 93.3 cm³/mol. The molecule has 0 aliphatic carbocycles. The Bertz CT molecular complexity index is 741. The number of carbonyl (C=O) groups excluding carboxylic acids is 1. The van der Waals surface area contributed by atoms with Crippen molar-refractivity contribution in [1.82, 2.24) is 15.1 Å². The molecular formula is C16H20N4O3S. The van der Waals surface area contributed by atoms with Gasteiger partial charge >= 0.3 is 5.69 Å². The van der Waals surface area contributed by atoms with Crippen molar-refractivity contribution in [3.05, 3.63) is 51.3 Å². The van der Waals surface area contributed by atoms with Crippen LogP contribution in [0.5, 0.6) is 0 Å². The minimum absolute atomic E-state index is 0.0181. The average molecular weight is 348 g/mol. The molecule has 1 amide bonds. The number of nitrogens with zero attached hydrogens (tertiary/aromatic N) is 3. The van der Waals surface area contributed by atoms with E-state index in [0.29, 0.717) is 17.9 Å². The van der Waals surface area contributed by atoms with Gasteiger partial charge in [-0.3, -0.25) is 19.6 Å². The van der Waals surface area contributed by atoms with Gasteiger partial charge in [0.25, 0.3) is 0 Å². The normalized spacial score (nSPS) is 10.6. The van der Waals surface area contributed by atoms with Gasteiger partial charge in [0.1, 0.15) is 17.9 Å². The number of hydrogen-bond donors (Lipinski definition) is 1. The summed E-state index contributed by atoms with van der Waals surface area (Å²) in [5.41, 5.74) is 1.89. The number of amides is 1. The first-order valence-corrected chi connectivity index (χ1v) is 8.51. The molecule has 0 saturated heterocycles. The second-order valence-corrected chi connectivity index (χ2v) is 6.61. The van der Waals surface area contributed by atoms with Gasteiger partial charge in [-0.25, -0.2) is 0 Å². The van der Waals surface area contributed by atoms with Crippen molar-refractivity contribution in [3.63, 3.8) is 0 Å². The summed E-state index contributed by atoms with van der Waals surface area (Å²) >= 11 is 1.66. The molecule has 0 spiro atoms. The largest absolute Gasteiger partial charge is 0.354 e. The highest BCUT2D eigenvalue weighted by atomic mass is 32.2. The number of aryl methyl sites for hydroxylation is 2. The van der Waals surface area contributed by atoms with Gasteiger partial charge in [0.05, 0.1) is 4.92 Å². The van der Waals surface area contributed by atoms with Gasteiger partial charge in [-0.05, 0) is 32.9 Å². The molecule has 2 rings (SSSR count). The summed E-state index contributed by atoms with van der Waals surface area (Å²) < 4.78 is 1.37. The Labute approximate surface area is 144 Å². The lowest BCUT2D eigenvalue weighted by Gasteiger charge is -2.06. The number of benzene rings is 1. The second-order valence-electron chi connectivity index (χ2n) is 5.45. The van der Waals surface area contributed by atoms with Crippen molar-refractivity contribution < 1.29 is 9.72 Å². The zero-order valence-corrected chi connectivity index (χ0v) is 14.7. The van der Waals surface area contributed by atoms with Crippen LogP contribution in [-0.4, -0.2) is 32.9 Å². The smallest absolute Gasteiger partial charge is 0.312 e. The van der Waals surface area contributed by atoms with Crippen molar-refractivity contribution >= 4 is 23.4 Å². The number of thioether (sulfide) groups is 1. The topological polar surface area (TPSA) is 90.1 Å². The summed E-state index contributed by atoms with van der Waals surface area (Å²) in [5.74, 6) is 0.548. The molecule has 128 valence electrons. The maximum Gasteiger partial charge on any atom is 0.312 e. The molecule has 0 fully saturated rings. The quantitative estimate of drug-likeness (QED) is 0.359. The van der Waals surface area contributed by atoms with E-state index < -0.39 is 4.92 Å². The Morgan fingerprint density at radius 3 is 2.54 bits per heavy atom. The molecule has 2 aromatic rings. The van der Waals surface area contributed by atoms with Crippen LogP contribution in [0.2, 0.25) is 0 Å². The average Bonchev–Trinajstić information content (AvgIpc) is 2.79. The summed E-state index contributed by atoms with van der Waals surface area (Å²) in [5, 5.41) is 17.8. The van der Waals surface area contributed by atoms with Crippen LogP contribution in [0.15, 0.2) is 29.2 Å². The van der Waals surface area contributed by atoms with Gasteiger partial charge < -0.3 is 5.32 Å². The lowest BCUT2D eigenvalue weighted by molar-refractivity contribution is -0.386. The second kappa shape index (κ2) is 7.96. The van der Waals surface area contributed by atoms with Gasteiger partial charge in [-0.15, -0.1) is 11.8 Å². The van der Waals surface area contributed by atoms with E-state index in [1.165, 1.54) is 10.2 Å². The van der Waals surface area contributed by atoms with Gasteiger partial charge in [-0.2, -0.15) is 5.10 Å². The summed E-state index contributed by atoms with van der Waals surface area (Å²) in [6.07, 6.45) is 0. The molecule has 24 heavy (non-hydrogen) atoms. The van der Waals surface area contributed by atoms with E-state index in [0.717, 1.165) is 10.6 Å². The molecule has 1 aromatic heterocycles. The maximum atomic E-state index is 12.0. The molecule has 7 nitrogen and oxygen atoms in total. The summed E-state index contributed by atoms with van der Waals surface area (Å²) in [7, 11) is 0. The third-order valence-corrected chi connectivity index (χ3v) is 4.55. The lowest BCUT2D eigenvalue weighted by Crippen LogP contribution is -2.30. The monoisotopic (exact) mass is 348 g/mol. The molecule has 1 heterocycles. The standard InChI is InChI=1S/C16H20N4O3S/c1-11-4-6-14(7-5-11)24-9-8-17-15(21)10-19-13(3)16(20(22)23)12(2)18-19/h4-7H,8-10H2,1-3H3,(H,17,21). The van der Waals surface area contributed by atoms with E-state index in [4.69, 9.17) is 0 Å². The van der Waals surface area contributed by atoms with E-state index in [1.54, 1.807) is 25.6 Å².